The molecule has 1 fully saturated rings. The Morgan fingerprint density at radius 1 is 1.18 bits per heavy atom. The highest BCUT2D eigenvalue weighted by Gasteiger charge is 2.41. The summed E-state index contributed by atoms with van der Waals surface area (Å²) in [4.78, 5) is 40.0. The Balaban J connectivity index is 1.61. The molecule has 0 radical (unpaired) electrons. The number of hydrogen-bond acceptors (Lipinski definition) is 7. The smallest absolute Gasteiger partial charge is 0.336 e. The highest BCUT2D eigenvalue weighted by molar-refractivity contribution is 6.04. The maximum Gasteiger partial charge on any atom is 0.336 e. The Morgan fingerprint density at radius 2 is 2.03 bits per heavy atom. The molecule has 5 rings (SSSR count). The first-order valence-electron chi connectivity index (χ1n) is 11.5. The lowest BCUT2D eigenvalue weighted by Crippen LogP contribution is -2.36. The van der Waals surface area contributed by atoms with Crippen molar-refractivity contribution in [2.45, 2.75) is 58.0 Å². The van der Waals surface area contributed by atoms with E-state index in [0.717, 1.165) is 30.5 Å². The molecule has 1 saturated heterocycles. The molecule has 0 spiro atoms. The molecule has 1 N–H and O–H groups in total. The third-order valence-corrected chi connectivity index (χ3v) is 6.69. The van der Waals surface area contributed by atoms with Crippen LogP contribution in [-0.4, -0.2) is 31.1 Å². The van der Waals surface area contributed by atoms with Crippen molar-refractivity contribution in [3.63, 3.8) is 0 Å². The fourth-order valence-corrected chi connectivity index (χ4v) is 5.05. The first-order chi connectivity index (χ1) is 15.9. The maximum atomic E-state index is 13.6. The van der Waals surface area contributed by atoms with Gasteiger partial charge in [0.05, 0.1) is 29.2 Å². The zero-order chi connectivity index (χ0) is 23.1. The van der Waals surface area contributed by atoms with Crippen molar-refractivity contribution in [2.75, 3.05) is 13.2 Å². The molecule has 7 nitrogen and oxygen atoms in total. The van der Waals surface area contributed by atoms with E-state index in [1.54, 1.807) is 19.1 Å². The summed E-state index contributed by atoms with van der Waals surface area (Å²) in [5, 5.41) is 3.68. The summed E-state index contributed by atoms with van der Waals surface area (Å²) in [5.74, 6) is -1.43. The second kappa shape index (κ2) is 8.63. The van der Waals surface area contributed by atoms with E-state index in [0.29, 0.717) is 41.7 Å². The number of fused-ring (bicyclic) bond motifs is 1. The molecule has 2 aromatic rings. The first-order valence-corrected chi connectivity index (χ1v) is 11.5. The fraction of sp³-hybridized carbons (Fsp3) is 0.423. The number of hydrogen-bond donors (Lipinski definition) is 1. The van der Waals surface area contributed by atoms with E-state index in [2.05, 4.69) is 5.32 Å². The van der Waals surface area contributed by atoms with Crippen molar-refractivity contribution in [1.82, 2.24) is 5.32 Å². The van der Waals surface area contributed by atoms with Gasteiger partial charge >= 0.3 is 5.97 Å². The summed E-state index contributed by atoms with van der Waals surface area (Å²) in [5.41, 5.74) is 3.54. The average molecular weight is 450 g/mol. The minimum absolute atomic E-state index is 0.0607. The van der Waals surface area contributed by atoms with E-state index in [4.69, 9.17) is 13.9 Å². The second-order valence-electron chi connectivity index (χ2n) is 9.02. The van der Waals surface area contributed by atoms with E-state index in [9.17, 15) is 14.4 Å². The molecule has 0 unspecified atom stereocenters. The van der Waals surface area contributed by atoms with Gasteiger partial charge in [-0.1, -0.05) is 11.6 Å². The molecule has 0 saturated carbocycles. The lowest BCUT2D eigenvalue weighted by Gasteiger charge is -2.33. The van der Waals surface area contributed by atoms with Crippen LogP contribution >= 0.6 is 0 Å². The van der Waals surface area contributed by atoms with Gasteiger partial charge in [-0.2, -0.15) is 0 Å². The summed E-state index contributed by atoms with van der Waals surface area (Å²) >= 11 is 0. The first kappa shape index (κ1) is 21.6. The van der Waals surface area contributed by atoms with Crippen LogP contribution in [0, 0.1) is 6.92 Å². The number of rotatable bonds is 4. The van der Waals surface area contributed by atoms with Crippen LogP contribution in [0.25, 0.3) is 11.0 Å². The van der Waals surface area contributed by atoms with Crippen LogP contribution in [0.3, 0.4) is 0 Å². The number of carbonyl (C=O) groups excluding carboxylic acids is 2. The van der Waals surface area contributed by atoms with Gasteiger partial charge in [0.15, 0.2) is 11.2 Å². The van der Waals surface area contributed by atoms with Crippen LogP contribution in [0.2, 0.25) is 0 Å². The van der Waals surface area contributed by atoms with E-state index in [-0.39, 0.29) is 35.1 Å². The molecule has 3 heterocycles. The van der Waals surface area contributed by atoms with Crippen LogP contribution < -0.4 is 10.7 Å². The molecule has 0 amide bonds. The van der Waals surface area contributed by atoms with Gasteiger partial charge < -0.3 is 19.2 Å². The Morgan fingerprint density at radius 3 is 2.82 bits per heavy atom. The van der Waals surface area contributed by atoms with E-state index in [1.807, 2.05) is 13.0 Å². The molecular formula is C26H27NO6. The minimum Gasteiger partial charge on any atom is -0.464 e. The highest BCUT2D eigenvalue weighted by atomic mass is 16.6. The second-order valence-corrected chi connectivity index (χ2v) is 9.02. The molecule has 2 atom stereocenters. The molecule has 1 aromatic heterocycles. The van der Waals surface area contributed by atoms with E-state index < -0.39 is 11.9 Å². The van der Waals surface area contributed by atoms with Crippen molar-refractivity contribution >= 4 is 22.7 Å². The number of esters is 1. The van der Waals surface area contributed by atoms with Gasteiger partial charge in [-0.25, -0.2) is 4.79 Å². The number of ketones is 1. The van der Waals surface area contributed by atoms with E-state index in [1.165, 1.54) is 6.26 Å². The number of benzene rings is 1. The molecule has 1 aromatic carbocycles. The van der Waals surface area contributed by atoms with Crippen molar-refractivity contribution in [1.29, 1.82) is 0 Å². The van der Waals surface area contributed by atoms with Crippen molar-refractivity contribution in [2.24, 2.45) is 0 Å². The summed E-state index contributed by atoms with van der Waals surface area (Å²) in [6.45, 7) is 4.49. The largest absolute Gasteiger partial charge is 0.464 e. The predicted molar refractivity (Wildman–Crippen MR) is 122 cm³/mol. The fourth-order valence-electron chi connectivity index (χ4n) is 5.05. The number of Topliss-reactive ketones (excluding diaryl/α,β-unsaturated/α-hetero) is 1. The number of carbonyl (C=O) groups is 2. The summed E-state index contributed by atoms with van der Waals surface area (Å²) in [6.07, 6.45) is 4.85. The summed E-state index contributed by atoms with van der Waals surface area (Å²) in [7, 11) is 0. The van der Waals surface area contributed by atoms with Crippen LogP contribution in [-0.2, 0) is 19.1 Å². The highest BCUT2D eigenvalue weighted by Crippen LogP contribution is 2.42. The van der Waals surface area contributed by atoms with Gasteiger partial charge in [0, 0.05) is 35.6 Å². The number of nitrogens with one attached hydrogen (secondary N) is 1. The Bertz CT molecular complexity index is 1260. The average Bonchev–Trinajstić information content (AvgIpc) is 3.31. The summed E-state index contributed by atoms with van der Waals surface area (Å²) in [6, 6.07) is 5.40. The summed E-state index contributed by atoms with van der Waals surface area (Å²) < 4.78 is 17.0. The molecule has 0 bridgehead atoms. The van der Waals surface area contributed by atoms with Crippen LogP contribution in [0.15, 0.2) is 56.2 Å². The van der Waals surface area contributed by atoms with Crippen LogP contribution in [0.5, 0.6) is 0 Å². The van der Waals surface area contributed by atoms with Gasteiger partial charge in [0.1, 0.15) is 12.2 Å². The molecule has 33 heavy (non-hydrogen) atoms. The molecular weight excluding hydrogens is 422 g/mol. The number of allylic oxidation sites excluding steroid dienone is 3. The third kappa shape index (κ3) is 3.91. The molecule has 7 heteroatoms. The standard InChI is InChI=1S/C26H27NO6/c1-14-8-9-21-17(11-14)25(29)18(13-32-21)23-22(26(30)33-12-16-5-4-10-31-16)15(2)27-19-6-3-7-20(28)24(19)23/h8-9,11,13,16,23,27H,3-7,10,12H2,1-2H3/t16-,23-/m1/s1. The van der Waals surface area contributed by atoms with Crippen LogP contribution in [0.1, 0.15) is 56.1 Å². The number of aryl methyl sites for hydroxylation is 1. The van der Waals surface area contributed by atoms with Crippen LogP contribution in [0.4, 0.5) is 0 Å². The quantitative estimate of drug-likeness (QED) is 0.710. The number of ether oxygens (including phenoxy) is 2. The third-order valence-electron chi connectivity index (χ3n) is 6.69. The van der Waals surface area contributed by atoms with Gasteiger partial charge in [0.25, 0.3) is 0 Å². The minimum atomic E-state index is -0.827. The van der Waals surface area contributed by atoms with Crippen molar-refractivity contribution in [3.05, 3.63) is 68.4 Å². The Kier molecular flexibility index (Phi) is 5.66. The lowest BCUT2D eigenvalue weighted by molar-refractivity contribution is -0.142. The molecule has 1 aliphatic carbocycles. The molecule has 3 aliphatic rings. The van der Waals surface area contributed by atoms with Gasteiger partial charge in [-0.3, -0.25) is 9.59 Å². The monoisotopic (exact) mass is 449 g/mol. The molecule has 172 valence electrons. The Hall–Kier alpha value is -3.19. The van der Waals surface area contributed by atoms with Gasteiger partial charge in [-0.05, 0) is 51.7 Å². The SMILES string of the molecule is CC1=C(C(=O)OC[C@H]2CCCO2)[C@@H](c2coc3ccc(C)cc3c2=O)C2=C(CCCC2=O)N1. The van der Waals surface area contributed by atoms with Crippen molar-refractivity contribution in [3.8, 4) is 0 Å². The van der Waals surface area contributed by atoms with Gasteiger partial charge in [-0.15, -0.1) is 0 Å². The molecule has 2 aliphatic heterocycles. The maximum absolute atomic E-state index is 13.6. The zero-order valence-corrected chi connectivity index (χ0v) is 18.9. The number of dihydropyridines is 1. The Labute approximate surface area is 191 Å². The topological polar surface area (TPSA) is 94.8 Å². The van der Waals surface area contributed by atoms with Gasteiger partial charge in [0.2, 0.25) is 0 Å². The lowest BCUT2D eigenvalue weighted by atomic mass is 9.75. The van der Waals surface area contributed by atoms with E-state index >= 15 is 0 Å². The predicted octanol–water partition coefficient (Wildman–Crippen LogP) is 3.79. The van der Waals surface area contributed by atoms with Crippen molar-refractivity contribution < 1.29 is 23.5 Å². The normalized spacial score (nSPS) is 23.0. The zero-order valence-electron chi connectivity index (χ0n) is 18.9.